The average molecular weight is 174 g/mol. The number of sulfone groups is 1. The Morgan fingerprint density at radius 1 is 1.20 bits per heavy atom. The molecular formula is C4H5F3O2S. The van der Waals surface area contributed by atoms with E-state index in [-0.39, 0.29) is 0 Å². The minimum Gasteiger partial charge on any atom is -0.243 e. The van der Waals surface area contributed by atoms with Crippen LogP contribution in [0.25, 0.3) is 0 Å². The summed E-state index contributed by atoms with van der Waals surface area (Å²) in [5.74, 6) is 0. The minimum absolute atomic E-state index is 0.872. The summed E-state index contributed by atoms with van der Waals surface area (Å²) in [6.45, 7) is 0. The van der Waals surface area contributed by atoms with Crippen LogP contribution in [0.2, 0.25) is 0 Å². The number of rotatable bonds is 0. The highest BCUT2D eigenvalue weighted by Gasteiger charge is 2.49. The fourth-order valence-electron chi connectivity index (χ4n) is 0.765. The first-order chi connectivity index (χ1) is 4.46. The zero-order valence-electron chi connectivity index (χ0n) is 4.80. The van der Waals surface area contributed by atoms with Gasteiger partial charge < -0.3 is 0 Å². The number of hydrogen-bond acceptors (Lipinski definition) is 2. The highest BCUT2D eigenvalue weighted by molar-refractivity contribution is 7.92. The van der Waals surface area contributed by atoms with Gasteiger partial charge in [0, 0.05) is 6.42 Å². The van der Waals surface area contributed by atoms with Crippen molar-refractivity contribution >= 4 is 9.84 Å². The molecule has 3 unspecified atom stereocenters. The van der Waals surface area contributed by atoms with Crippen LogP contribution < -0.4 is 0 Å². The molecule has 0 aromatic carbocycles. The third kappa shape index (κ3) is 0.902. The fourth-order valence-corrected chi connectivity index (χ4v) is 2.02. The van der Waals surface area contributed by atoms with Crippen LogP contribution in [-0.4, -0.2) is 25.6 Å². The van der Waals surface area contributed by atoms with Gasteiger partial charge in [-0.3, -0.25) is 0 Å². The predicted molar refractivity (Wildman–Crippen MR) is 28.2 cm³/mol. The summed E-state index contributed by atoms with van der Waals surface area (Å²) in [6.07, 6.45) is -3.07. The van der Waals surface area contributed by atoms with E-state index < -0.39 is 33.4 Å². The molecule has 1 fully saturated rings. The Kier molecular flexibility index (Phi) is 1.66. The molecule has 10 heavy (non-hydrogen) atoms. The van der Waals surface area contributed by atoms with Gasteiger partial charge in [0.2, 0.25) is 20.8 Å². The summed E-state index contributed by atoms with van der Waals surface area (Å²) in [7, 11) is -4.46. The molecule has 6 heteroatoms. The smallest absolute Gasteiger partial charge is 0.234 e. The Morgan fingerprint density at radius 3 is 1.80 bits per heavy atom. The quantitative estimate of drug-likeness (QED) is 0.542. The zero-order chi connectivity index (χ0) is 7.94. The van der Waals surface area contributed by atoms with E-state index in [0.717, 1.165) is 0 Å². The van der Waals surface area contributed by atoms with Crippen LogP contribution in [0.3, 0.4) is 0 Å². The van der Waals surface area contributed by atoms with Gasteiger partial charge in [-0.05, 0) is 0 Å². The van der Waals surface area contributed by atoms with E-state index in [4.69, 9.17) is 0 Å². The molecule has 0 N–H and O–H groups in total. The molecule has 0 bridgehead atoms. The van der Waals surface area contributed by atoms with Crippen LogP contribution in [0.4, 0.5) is 13.2 Å². The molecule has 1 rings (SSSR count). The SMILES string of the molecule is O=S1(=O)C(F)CC(F)C1F. The largest absolute Gasteiger partial charge is 0.243 e. The topological polar surface area (TPSA) is 34.1 Å². The number of halogens is 3. The molecule has 1 heterocycles. The first kappa shape index (κ1) is 7.84. The second-order valence-electron chi connectivity index (χ2n) is 2.10. The van der Waals surface area contributed by atoms with Crippen molar-refractivity contribution in [2.45, 2.75) is 23.6 Å². The van der Waals surface area contributed by atoms with Crippen molar-refractivity contribution in [3.05, 3.63) is 0 Å². The van der Waals surface area contributed by atoms with E-state index >= 15 is 0 Å². The molecule has 2 nitrogen and oxygen atoms in total. The van der Waals surface area contributed by atoms with E-state index in [1.54, 1.807) is 0 Å². The molecule has 3 atom stereocenters. The molecular weight excluding hydrogens is 169 g/mol. The van der Waals surface area contributed by atoms with Crippen molar-refractivity contribution in [2.75, 3.05) is 0 Å². The summed E-state index contributed by atoms with van der Waals surface area (Å²) >= 11 is 0. The Bertz CT molecular complexity index is 225. The van der Waals surface area contributed by atoms with Gasteiger partial charge in [-0.1, -0.05) is 0 Å². The third-order valence-corrected chi connectivity index (χ3v) is 3.19. The number of hydrogen-bond donors (Lipinski definition) is 0. The number of alkyl halides is 3. The minimum atomic E-state index is -4.46. The van der Waals surface area contributed by atoms with Crippen LogP contribution in [0.5, 0.6) is 0 Å². The van der Waals surface area contributed by atoms with Crippen LogP contribution >= 0.6 is 0 Å². The molecule has 1 saturated heterocycles. The summed E-state index contributed by atoms with van der Waals surface area (Å²) in [5, 5.41) is 0. The van der Waals surface area contributed by atoms with Gasteiger partial charge in [-0.2, -0.15) is 0 Å². The maximum Gasteiger partial charge on any atom is 0.234 e. The molecule has 0 saturated carbocycles. The third-order valence-electron chi connectivity index (χ3n) is 1.37. The standard InChI is InChI=1S/C4H5F3O2S/c5-2-1-3(6)10(8,9)4(2)7/h2-4H,1H2. The van der Waals surface area contributed by atoms with Crippen LogP contribution in [-0.2, 0) is 9.84 Å². The summed E-state index contributed by atoms with van der Waals surface area (Å²) in [4.78, 5) is 0. The predicted octanol–water partition coefficient (Wildman–Crippen LogP) is 0.734. The van der Waals surface area contributed by atoms with E-state index in [9.17, 15) is 21.6 Å². The van der Waals surface area contributed by atoms with Crippen LogP contribution in [0, 0.1) is 0 Å². The van der Waals surface area contributed by atoms with Gasteiger partial charge >= 0.3 is 0 Å². The Labute approximate surface area is 56.0 Å². The summed E-state index contributed by atoms with van der Waals surface area (Å²) in [5.41, 5.74) is -5.03. The molecule has 1 aliphatic rings. The maximum absolute atomic E-state index is 12.1. The van der Waals surface area contributed by atoms with E-state index in [2.05, 4.69) is 0 Å². The summed E-state index contributed by atoms with van der Waals surface area (Å²) in [6, 6.07) is 0. The second kappa shape index (κ2) is 2.11. The Balaban J connectivity index is 2.97. The lowest BCUT2D eigenvalue weighted by molar-refractivity contribution is 0.222. The molecule has 0 radical (unpaired) electrons. The molecule has 0 amide bonds. The van der Waals surface area contributed by atoms with Crippen molar-refractivity contribution in [1.82, 2.24) is 0 Å². The van der Waals surface area contributed by atoms with Gasteiger partial charge in [-0.15, -0.1) is 0 Å². The highest BCUT2D eigenvalue weighted by Crippen LogP contribution is 2.31. The average Bonchev–Trinajstić information content (AvgIpc) is 1.97. The van der Waals surface area contributed by atoms with Crippen LogP contribution in [0.15, 0.2) is 0 Å². The van der Waals surface area contributed by atoms with E-state index in [1.165, 1.54) is 0 Å². The van der Waals surface area contributed by atoms with Gasteiger partial charge in [0.1, 0.15) is 6.17 Å². The van der Waals surface area contributed by atoms with Gasteiger partial charge in [-0.25, -0.2) is 21.6 Å². The van der Waals surface area contributed by atoms with Crippen molar-refractivity contribution in [1.29, 1.82) is 0 Å². The van der Waals surface area contributed by atoms with Crippen molar-refractivity contribution in [3.63, 3.8) is 0 Å². The monoisotopic (exact) mass is 174 g/mol. The Morgan fingerprint density at radius 2 is 1.70 bits per heavy atom. The molecule has 1 aliphatic heterocycles. The normalized spacial score (nSPS) is 45.7. The van der Waals surface area contributed by atoms with E-state index in [1.807, 2.05) is 0 Å². The van der Waals surface area contributed by atoms with Crippen molar-refractivity contribution in [2.24, 2.45) is 0 Å². The fraction of sp³-hybridized carbons (Fsp3) is 1.00. The van der Waals surface area contributed by atoms with E-state index in [0.29, 0.717) is 0 Å². The maximum atomic E-state index is 12.1. The molecule has 0 aliphatic carbocycles. The van der Waals surface area contributed by atoms with Gasteiger partial charge in [0.05, 0.1) is 0 Å². The molecule has 0 aromatic heterocycles. The molecule has 0 aromatic rings. The first-order valence-electron chi connectivity index (χ1n) is 2.61. The molecule has 0 spiro atoms. The first-order valence-corrected chi connectivity index (χ1v) is 4.22. The summed E-state index contributed by atoms with van der Waals surface area (Å²) < 4.78 is 57.0. The second-order valence-corrected chi connectivity index (χ2v) is 4.24. The highest BCUT2D eigenvalue weighted by atomic mass is 32.2. The Hall–Kier alpha value is -0.260. The lowest BCUT2D eigenvalue weighted by Crippen LogP contribution is -2.19. The molecule has 60 valence electrons. The van der Waals surface area contributed by atoms with Crippen LogP contribution in [0.1, 0.15) is 6.42 Å². The zero-order valence-corrected chi connectivity index (χ0v) is 5.61. The van der Waals surface area contributed by atoms with Crippen molar-refractivity contribution < 1.29 is 21.6 Å². The van der Waals surface area contributed by atoms with Gasteiger partial charge in [0.15, 0.2) is 0 Å². The lowest BCUT2D eigenvalue weighted by Gasteiger charge is -1.98. The lowest BCUT2D eigenvalue weighted by atomic mass is 10.3. The van der Waals surface area contributed by atoms with Crippen molar-refractivity contribution in [3.8, 4) is 0 Å². The van der Waals surface area contributed by atoms with Gasteiger partial charge in [0.25, 0.3) is 0 Å².